The molecule has 1 aliphatic heterocycles. The molecule has 1 aliphatic rings. The van der Waals surface area contributed by atoms with Gasteiger partial charge in [0.15, 0.2) is 11.5 Å². The first-order valence-corrected chi connectivity index (χ1v) is 6.31. The number of ether oxygens (including phenoxy) is 2. The molecular weight excluding hydrogens is 284 g/mol. The van der Waals surface area contributed by atoms with Crippen LogP contribution in [0.1, 0.15) is 19.4 Å². The number of aliphatic hydroxyl groups is 1. The number of benzene rings is 1. The highest BCUT2D eigenvalue weighted by atomic mass is 79.9. The van der Waals surface area contributed by atoms with Gasteiger partial charge >= 0.3 is 0 Å². The van der Waals surface area contributed by atoms with Crippen LogP contribution in [0.5, 0.6) is 11.5 Å². The van der Waals surface area contributed by atoms with Crippen LogP contribution >= 0.6 is 15.9 Å². The van der Waals surface area contributed by atoms with Crippen molar-refractivity contribution in [2.45, 2.75) is 13.8 Å². The SMILES string of the molecule is CC(C)C(=Cc1cc(Br)c2c(c1)OCO2)CO. The van der Waals surface area contributed by atoms with E-state index in [1.165, 1.54) is 0 Å². The van der Waals surface area contributed by atoms with Gasteiger partial charge in [0.25, 0.3) is 0 Å². The van der Waals surface area contributed by atoms with Gasteiger partial charge in [0.2, 0.25) is 6.79 Å². The zero-order chi connectivity index (χ0) is 12.4. The second-order valence-corrected chi connectivity index (χ2v) is 5.12. The number of aliphatic hydroxyl groups excluding tert-OH is 1. The number of hydrogen-bond acceptors (Lipinski definition) is 3. The minimum Gasteiger partial charge on any atom is -0.454 e. The first-order valence-electron chi connectivity index (χ1n) is 5.52. The molecule has 92 valence electrons. The lowest BCUT2D eigenvalue weighted by Gasteiger charge is -2.09. The summed E-state index contributed by atoms with van der Waals surface area (Å²) in [6, 6.07) is 3.89. The highest BCUT2D eigenvalue weighted by Crippen LogP contribution is 2.40. The van der Waals surface area contributed by atoms with Crippen molar-refractivity contribution in [2.75, 3.05) is 13.4 Å². The van der Waals surface area contributed by atoms with E-state index < -0.39 is 0 Å². The molecule has 1 N–H and O–H groups in total. The van der Waals surface area contributed by atoms with Crippen molar-refractivity contribution in [3.8, 4) is 11.5 Å². The van der Waals surface area contributed by atoms with Crippen molar-refractivity contribution < 1.29 is 14.6 Å². The minimum atomic E-state index is 0.0731. The van der Waals surface area contributed by atoms with Crippen LogP contribution in [-0.2, 0) is 0 Å². The van der Waals surface area contributed by atoms with Gasteiger partial charge in [0.05, 0.1) is 11.1 Å². The molecule has 0 unspecified atom stereocenters. The van der Waals surface area contributed by atoms with E-state index in [2.05, 4.69) is 29.8 Å². The second kappa shape index (κ2) is 5.10. The molecule has 4 heteroatoms. The van der Waals surface area contributed by atoms with Crippen molar-refractivity contribution in [1.82, 2.24) is 0 Å². The molecular formula is C13H15BrO3. The first kappa shape index (κ1) is 12.5. The molecule has 17 heavy (non-hydrogen) atoms. The number of hydrogen-bond donors (Lipinski definition) is 1. The van der Waals surface area contributed by atoms with Crippen LogP contribution in [0.25, 0.3) is 6.08 Å². The lowest BCUT2D eigenvalue weighted by Crippen LogP contribution is -1.98. The summed E-state index contributed by atoms with van der Waals surface area (Å²) in [5.74, 6) is 1.81. The maximum Gasteiger partial charge on any atom is 0.231 e. The molecule has 0 fully saturated rings. The monoisotopic (exact) mass is 298 g/mol. The molecule has 0 radical (unpaired) electrons. The summed E-state index contributed by atoms with van der Waals surface area (Å²) < 4.78 is 11.6. The Balaban J connectivity index is 2.37. The van der Waals surface area contributed by atoms with Crippen molar-refractivity contribution in [3.63, 3.8) is 0 Å². The van der Waals surface area contributed by atoms with Crippen molar-refractivity contribution in [1.29, 1.82) is 0 Å². The average molecular weight is 299 g/mol. The lowest BCUT2D eigenvalue weighted by atomic mass is 10.0. The third-order valence-corrected chi connectivity index (χ3v) is 3.31. The smallest absolute Gasteiger partial charge is 0.231 e. The largest absolute Gasteiger partial charge is 0.454 e. The number of halogens is 1. The summed E-state index contributed by atoms with van der Waals surface area (Å²) in [4.78, 5) is 0. The molecule has 0 saturated heterocycles. The van der Waals surface area contributed by atoms with Crippen LogP contribution in [-0.4, -0.2) is 18.5 Å². The summed E-state index contributed by atoms with van der Waals surface area (Å²) in [7, 11) is 0. The highest BCUT2D eigenvalue weighted by Gasteiger charge is 2.17. The third kappa shape index (κ3) is 2.64. The summed E-state index contributed by atoms with van der Waals surface area (Å²) in [6.07, 6.45) is 1.98. The molecule has 3 nitrogen and oxygen atoms in total. The fourth-order valence-corrected chi connectivity index (χ4v) is 2.25. The fourth-order valence-electron chi connectivity index (χ4n) is 1.68. The Kier molecular flexibility index (Phi) is 3.74. The van der Waals surface area contributed by atoms with Gasteiger partial charge in [0.1, 0.15) is 0 Å². The van der Waals surface area contributed by atoms with Crippen LogP contribution in [0.15, 0.2) is 22.2 Å². The van der Waals surface area contributed by atoms with Gasteiger partial charge in [-0.15, -0.1) is 0 Å². The van der Waals surface area contributed by atoms with Gasteiger partial charge in [0, 0.05) is 0 Å². The molecule has 0 bridgehead atoms. The molecule has 2 rings (SSSR count). The molecule has 0 atom stereocenters. The van der Waals surface area contributed by atoms with E-state index in [1.807, 2.05) is 18.2 Å². The summed E-state index contributed by atoms with van der Waals surface area (Å²) in [5, 5.41) is 9.28. The standard InChI is InChI=1S/C13H15BrO3/c1-8(2)10(6-15)3-9-4-11(14)13-12(5-9)16-7-17-13/h3-5,8,15H,6-7H2,1-2H3. The third-order valence-electron chi connectivity index (χ3n) is 2.73. The van der Waals surface area contributed by atoms with E-state index in [-0.39, 0.29) is 13.4 Å². The van der Waals surface area contributed by atoms with Crippen molar-refractivity contribution >= 4 is 22.0 Å². The van der Waals surface area contributed by atoms with Gasteiger partial charge in [-0.25, -0.2) is 0 Å². The quantitative estimate of drug-likeness (QED) is 0.931. The van der Waals surface area contributed by atoms with Gasteiger partial charge in [-0.3, -0.25) is 0 Å². The molecule has 0 saturated carbocycles. The maximum atomic E-state index is 9.28. The van der Waals surface area contributed by atoms with Crippen LogP contribution in [0.2, 0.25) is 0 Å². The molecule has 0 aromatic heterocycles. The maximum absolute atomic E-state index is 9.28. The van der Waals surface area contributed by atoms with Gasteiger partial charge in [-0.05, 0) is 45.1 Å². The molecule has 1 aromatic carbocycles. The first-order chi connectivity index (χ1) is 8.11. The van der Waals surface area contributed by atoms with E-state index in [0.29, 0.717) is 5.92 Å². The van der Waals surface area contributed by atoms with Gasteiger partial charge < -0.3 is 14.6 Å². The van der Waals surface area contributed by atoms with E-state index >= 15 is 0 Å². The zero-order valence-electron chi connectivity index (χ0n) is 9.87. The second-order valence-electron chi connectivity index (χ2n) is 4.27. The minimum absolute atomic E-state index is 0.0731. The number of rotatable bonds is 3. The van der Waals surface area contributed by atoms with E-state index in [9.17, 15) is 5.11 Å². The molecule has 0 spiro atoms. The Morgan fingerprint density at radius 1 is 1.47 bits per heavy atom. The van der Waals surface area contributed by atoms with Crippen LogP contribution in [0, 0.1) is 5.92 Å². The van der Waals surface area contributed by atoms with E-state index in [4.69, 9.17) is 9.47 Å². The predicted molar refractivity (Wildman–Crippen MR) is 70.2 cm³/mol. The molecule has 1 aromatic rings. The molecule has 0 aliphatic carbocycles. The van der Waals surface area contributed by atoms with Crippen LogP contribution in [0.3, 0.4) is 0 Å². The van der Waals surface area contributed by atoms with Crippen molar-refractivity contribution in [3.05, 3.63) is 27.7 Å². The Bertz CT molecular complexity index is 452. The molecule has 0 amide bonds. The number of fused-ring (bicyclic) bond motifs is 1. The predicted octanol–water partition coefficient (Wildman–Crippen LogP) is 3.21. The van der Waals surface area contributed by atoms with Gasteiger partial charge in [-0.1, -0.05) is 19.9 Å². The van der Waals surface area contributed by atoms with Crippen LogP contribution < -0.4 is 9.47 Å². The Morgan fingerprint density at radius 3 is 2.88 bits per heavy atom. The lowest BCUT2D eigenvalue weighted by molar-refractivity contribution is 0.173. The van der Waals surface area contributed by atoms with Crippen LogP contribution in [0.4, 0.5) is 0 Å². The topological polar surface area (TPSA) is 38.7 Å². The summed E-state index contributed by atoms with van der Waals surface area (Å²) in [5.41, 5.74) is 2.00. The normalized spacial score (nSPS) is 14.5. The summed E-state index contributed by atoms with van der Waals surface area (Å²) >= 11 is 3.45. The molecule has 1 heterocycles. The van der Waals surface area contributed by atoms with E-state index in [1.54, 1.807) is 0 Å². The highest BCUT2D eigenvalue weighted by molar-refractivity contribution is 9.10. The fraction of sp³-hybridized carbons (Fsp3) is 0.385. The van der Waals surface area contributed by atoms with Gasteiger partial charge in [-0.2, -0.15) is 0 Å². The Hall–Kier alpha value is -1.00. The van der Waals surface area contributed by atoms with Crippen molar-refractivity contribution in [2.24, 2.45) is 5.92 Å². The Labute approximate surface area is 109 Å². The Morgan fingerprint density at radius 2 is 2.24 bits per heavy atom. The zero-order valence-corrected chi connectivity index (χ0v) is 11.5. The summed E-state index contributed by atoms with van der Waals surface area (Å²) in [6.45, 7) is 4.45. The van der Waals surface area contributed by atoms with E-state index in [0.717, 1.165) is 27.1 Å². The average Bonchev–Trinajstić information content (AvgIpc) is 2.74.